The van der Waals surface area contributed by atoms with Crippen molar-refractivity contribution in [1.29, 1.82) is 0 Å². The minimum atomic E-state index is -1.07. The molecule has 0 aromatic heterocycles. The monoisotopic (exact) mass is 320 g/mol. The average Bonchev–Trinajstić information content (AvgIpc) is 2.41. The van der Waals surface area contributed by atoms with Crippen LogP contribution in [0.4, 0.5) is 0 Å². The Hall–Kier alpha value is -2.17. The van der Waals surface area contributed by atoms with Crippen LogP contribution in [0.2, 0.25) is 0 Å². The fraction of sp³-hybridized carbons (Fsp3) is 0.500. The van der Waals surface area contributed by atoms with E-state index in [4.69, 9.17) is 9.84 Å². The molecule has 1 unspecified atom stereocenters. The maximum atomic E-state index is 12.4. The molecule has 5 nitrogen and oxygen atoms in total. The number of carboxylic acid groups (broad SMARTS) is 1. The third-order valence-corrected chi connectivity index (χ3v) is 3.84. The van der Waals surface area contributed by atoms with Gasteiger partial charge in [-0.05, 0) is 30.4 Å². The van der Waals surface area contributed by atoms with E-state index in [2.05, 4.69) is 6.58 Å². The van der Waals surface area contributed by atoms with E-state index < -0.39 is 18.0 Å². The summed E-state index contributed by atoms with van der Waals surface area (Å²) < 4.78 is 5.21. The predicted octanol–water partition coefficient (Wildman–Crippen LogP) is 3.21. The molecule has 1 N–H and O–H groups in total. The Balaban J connectivity index is 2.94. The summed E-state index contributed by atoms with van der Waals surface area (Å²) in [7, 11) is 0. The number of ketones is 1. The number of aliphatic carboxylic acids is 1. The van der Waals surface area contributed by atoms with Gasteiger partial charge in [0.2, 0.25) is 0 Å². The van der Waals surface area contributed by atoms with E-state index >= 15 is 0 Å². The van der Waals surface area contributed by atoms with Crippen molar-refractivity contribution < 1.29 is 24.2 Å². The lowest BCUT2D eigenvalue weighted by Gasteiger charge is -2.36. The molecule has 126 valence electrons. The van der Waals surface area contributed by atoms with Gasteiger partial charge in [0.15, 0.2) is 11.9 Å². The number of hydrogen-bond donors (Lipinski definition) is 1. The first-order valence-electron chi connectivity index (χ1n) is 7.55. The number of ether oxygens (including phenoxy) is 1. The zero-order valence-electron chi connectivity index (χ0n) is 14.1. The second-order valence-electron chi connectivity index (χ2n) is 6.54. The molecular weight excluding hydrogens is 296 g/mol. The van der Waals surface area contributed by atoms with E-state index in [1.165, 1.54) is 0 Å². The Morgan fingerprint density at radius 3 is 2.52 bits per heavy atom. The number of hydrogen-bond acceptors (Lipinski definition) is 4. The van der Waals surface area contributed by atoms with Crippen molar-refractivity contribution in [3.8, 4) is 0 Å². The van der Waals surface area contributed by atoms with Gasteiger partial charge in [0.05, 0.1) is 12.8 Å². The molecule has 1 rings (SSSR count). The zero-order chi connectivity index (χ0) is 17.8. The molecule has 0 spiro atoms. The van der Waals surface area contributed by atoms with E-state index in [9.17, 15) is 14.4 Å². The first kappa shape index (κ1) is 18.9. The molecule has 23 heavy (non-hydrogen) atoms. The van der Waals surface area contributed by atoms with Crippen molar-refractivity contribution in [2.45, 2.75) is 53.1 Å². The van der Waals surface area contributed by atoms with Gasteiger partial charge in [-0.3, -0.25) is 14.4 Å². The van der Waals surface area contributed by atoms with Crippen LogP contribution in [0.25, 0.3) is 0 Å². The summed E-state index contributed by atoms with van der Waals surface area (Å²) in [5.41, 5.74) is 2.02. The van der Waals surface area contributed by atoms with Crippen molar-refractivity contribution in [1.82, 2.24) is 0 Å². The lowest BCUT2D eigenvalue weighted by molar-refractivity contribution is -0.157. The summed E-state index contributed by atoms with van der Waals surface area (Å²) in [5, 5.41) is 8.59. The molecule has 0 aliphatic heterocycles. The smallest absolute Gasteiger partial charge is 0.307 e. The topological polar surface area (TPSA) is 80.7 Å². The third kappa shape index (κ3) is 5.20. The minimum absolute atomic E-state index is 0.227. The van der Waals surface area contributed by atoms with Crippen LogP contribution in [0.5, 0.6) is 0 Å². The second-order valence-corrected chi connectivity index (χ2v) is 6.54. The normalized spacial score (nSPS) is 20.7. The molecule has 0 bridgehead atoms. The van der Waals surface area contributed by atoms with E-state index in [1.807, 2.05) is 32.9 Å². The van der Waals surface area contributed by atoms with E-state index in [-0.39, 0.29) is 24.0 Å². The van der Waals surface area contributed by atoms with Crippen molar-refractivity contribution in [2.75, 3.05) is 0 Å². The number of carbonyl (C=O) groups is 3. The van der Waals surface area contributed by atoms with Crippen molar-refractivity contribution in [3.05, 3.63) is 35.5 Å². The fourth-order valence-corrected chi connectivity index (χ4v) is 2.65. The number of allylic oxidation sites excluding steroid dienone is 4. The standard InChI is InChI=1S/C18H24O5/c1-11(2)6-7-13-12(3)17(22)14(10-18(13,4)5)23-16(21)9-8-15(19)20/h6-7,14H,1,8-10H2,2-5H3,(H,19,20)/b7-6+. The van der Waals surface area contributed by atoms with Gasteiger partial charge in [-0.15, -0.1) is 0 Å². The van der Waals surface area contributed by atoms with E-state index in [0.717, 1.165) is 11.1 Å². The summed E-state index contributed by atoms with van der Waals surface area (Å²) >= 11 is 0. The first-order chi connectivity index (χ1) is 10.5. The molecule has 0 radical (unpaired) electrons. The summed E-state index contributed by atoms with van der Waals surface area (Å²) in [6.45, 7) is 11.4. The van der Waals surface area contributed by atoms with Gasteiger partial charge in [-0.1, -0.05) is 38.2 Å². The van der Waals surface area contributed by atoms with Crippen LogP contribution in [0.3, 0.4) is 0 Å². The van der Waals surface area contributed by atoms with Crippen molar-refractivity contribution >= 4 is 17.7 Å². The quantitative estimate of drug-likeness (QED) is 0.600. The van der Waals surface area contributed by atoms with Gasteiger partial charge in [0, 0.05) is 6.42 Å². The van der Waals surface area contributed by atoms with Crippen LogP contribution in [0.1, 0.15) is 47.0 Å². The zero-order valence-corrected chi connectivity index (χ0v) is 14.1. The molecule has 0 fully saturated rings. The van der Waals surface area contributed by atoms with E-state index in [0.29, 0.717) is 12.0 Å². The van der Waals surface area contributed by atoms with Crippen LogP contribution >= 0.6 is 0 Å². The van der Waals surface area contributed by atoms with Gasteiger partial charge in [-0.2, -0.15) is 0 Å². The lowest BCUT2D eigenvalue weighted by Crippen LogP contribution is -2.39. The van der Waals surface area contributed by atoms with Crippen LogP contribution in [-0.4, -0.2) is 28.9 Å². The summed E-state index contributed by atoms with van der Waals surface area (Å²) in [6.07, 6.45) is 2.73. The highest BCUT2D eigenvalue weighted by atomic mass is 16.5. The van der Waals surface area contributed by atoms with Gasteiger partial charge in [0.25, 0.3) is 0 Å². The highest BCUT2D eigenvalue weighted by Gasteiger charge is 2.39. The van der Waals surface area contributed by atoms with E-state index in [1.54, 1.807) is 6.92 Å². The maximum Gasteiger partial charge on any atom is 0.307 e. The molecule has 0 saturated carbocycles. The summed E-state index contributed by atoms with van der Waals surface area (Å²) in [6, 6.07) is 0. The van der Waals surface area contributed by atoms with Crippen LogP contribution in [0.15, 0.2) is 35.5 Å². The number of carboxylic acids is 1. The highest BCUT2D eigenvalue weighted by molar-refractivity contribution is 6.01. The van der Waals surface area contributed by atoms with Gasteiger partial charge in [-0.25, -0.2) is 0 Å². The Kier molecular flexibility index (Phi) is 6.07. The predicted molar refractivity (Wildman–Crippen MR) is 86.8 cm³/mol. The van der Waals surface area contributed by atoms with Crippen LogP contribution in [0, 0.1) is 5.41 Å². The summed E-state index contributed by atoms with van der Waals surface area (Å²) in [4.78, 5) is 34.6. The summed E-state index contributed by atoms with van der Waals surface area (Å²) in [5.74, 6) is -1.95. The average molecular weight is 320 g/mol. The Bertz CT molecular complexity index is 593. The minimum Gasteiger partial charge on any atom is -0.481 e. The molecule has 0 saturated heterocycles. The molecule has 1 aliphatic rings. The highest BCUT2D eigenvalue weighted by Crippen LogP contribution is 2.40. The molecule has 0 aromatic carbocycles. The number of esters is 1. The third-order valence-electron chi connectivity index (χ3n) is 3.84. The number of Topliss-reactive ketones (excluding diaryl/α,β-unsaturated/α-hetero) is 1. The Morgan fingerprint density at radius 1 is 1.39 bits per heavy atom. The number of carbonyl (C=O) groups excluding carboxylic acids is 2. The Morgan fingerprint density at radius 2 is 2.00 bits per heavy atom. The molecule has 1 atom stereocenters. The van der Waals surface area contributed by atoms with Crippen molar-refractivity contribution in [3.63, 3.8) is 0 Å². The molecule has 0 amide bonds. The van der Waals surface area contributed by atoms with Gasteiger partial charge >= 0.3 is 11.9 Å². The molecule has 5 heteroatoms. The maximum absolute atomic E-state index is 12.4. The van der Waals surface area contributed by atoms with Gasteiger partial charge < -0.3 is 9.84 Å². The van der Waals surface area contributed by atoms with Gasteiger partial charge in [0.1, 0.15) is 0 Å². The first-order valence-corrected chi connectivity index (χ1v) is 7.55. The van der Waals surface area contributed by atoms with Crippen LogP contribution in [-0.2, 0) is 19.1 Å². The number of rotatable bonds is 6. The van der Waals surface area contributed by atoms with Crippen molar-refractivity contribution in [2.24, 2.45) is 5.41 Å². The Labute approximate surface area is 136 Å². The molecular formula is C18H24O5. The van der Waals surface area contributed by atoms with Crippen LogP contribution < -0.4 is 0 Å². The molecule has 0 heterocycles. The fourth-order valence-electron chi connectivity index (χ4n) is 2.65. The second kappa shape index (κ2) is 7.40. The SMILES string of the molecule is C=C(C)/C=C/C1=C(C)C(=O)C(OC(=O)CCC(=O)O)CC1(C)C. The molecule has 0 aromatic rings. The largest absolute Gasteiger partial charge is 0.481 e. The molecule has 1 aliphatic carbocycles. The lowest BCUT2D eigenvalue weighted by atomic mass is 9.71.